The van der Waals surface area contributed by atoms with Gasteiger partial charge in [0.2, 0.25) is 6.79 Å². The van der Waals surface area contributed by atoms with Crippen LogP contribution in [0.15, 0.2) is 12.1 Å². The Morgan fingerprint density at radius 3 is 2.83 bits per heavy atom. The maximum absolute atomic E-state index is 12.8. The fourth-order valence-electron chi connectivity index (χ4n) is 2.77. The van der Waals surface area contributed by atoms with Gasteiger partial charge in [-0.25, -0.2) is 4.39 Å². The summed E-state index contributed by atoms with van der Waals surface area (Å²) in [4.78, 5) is 0. The molecule has 18 heavy (non-hydrogen) atoms. The summed E-state index contributed by atoms with van der Waals surface area (Å²) in [5.74, 6) is 2.19. The molecule has 1 N–H and O–H groups in total. The highest BCUT2D eigenvalue weighted by Gasteiger charge is 2.22. The fourth-order valence-corrected chi connectivity index (χ4v) is 2.77. The smallest absolute Gasteiger partial charge is 0.231 e. The Morgan fingerprint density at radius 1 is 1.22 bits per heavy atom. The molecule has 1 aromatic carbocycles. The summed E-state index contributed by atoms with van der Waals surface area (Å²) in [5, 5.41) is 3.36. The first-order valence-electron chi connectivity index (χ1n) is 6.55. The number of ether oxygens (including phenoxy) is 2. The van der Waals surface area contributed by atoms with E-state index in [0.717, 1.165) is 30.8 Å². The van der Waals surface area contributed by atoms with Crippen molar-refractivity contribution >= 4 is 0 Å². The minimum atomic E-state index is -0.449. The standard InChI is InChI=1S/C14H18FNO2/c15-8-11-6-12(5-10-1-3-16-4-2-10)14-13(7-11)17-9-18-14/h6-7,10,16H,1-5,8-9H2. The molecule has 2 heterocycles. The number of rotatable bonds is 3. The van der Waals surface area contributed by atoms with E-state index in [1.807, 2.05) is 6.07 Å². The van der Waals surface area contributed by atoms with Crippen molar-refractivity contribution in [3.8, 4) is 11.5 Å². The molecule has 0 saturated carbocycles. The van der Waals surface area contributed by atoms with Gasteiger partial charge in [0, 0.05) is 0 Å². The Bertz CT molecular complexity index is 430. The highest BCUT2D eigenvalue weighted by molar-refractivity contribution is 5.51. The summed E-state index contributed by atoms with van der Waals surface area (Å²) < 4.78 is 23.7. The van der Waals surface area contributed by atoms with Gasteiger partial charge < -0.3 is 14.8 Å². The zero-order valence-corrected chi connectivity index (χ0v) is 10.4. The van der Waals surface area contributed by atoms with E-state index in [0.29, 0.717) is 17.2 Å². The average Bonchev–Trinajstić information content (AvgIpc) is 2.88. The number of alkyl halides is 1. The van der Waals surface area contributed by atoms with Gasteiger partial charge >= 0.3 is 0 Å². The van der Waals surface area contributed by atoms with Crippen LogP contribution in [0.1, 0.15) is 24.0 Å². The van der Waals surface area contributed by atoms with Crippen molar-refractivity contribution in [1.82, 2.24) is 5.32 Å². The lowest BCUT2D eigenvalue weighted by molar-refractivity contribution is 0.173. The molecule has 1 saturated heterocycles. The Labute approximate surface area is 106 Å². The van der Waals surface area contributed by atoms with E-state index in [1.54, 1.807) is 6.07 Å². The van der Waals surface area contributed by atoms with E-state index < -0.39 is 6.67 Å². The van der Waals surface area contributed by atoms with Crippen LogP contribution in [0.3, 0.4) is 0 Å². The molecule has 98 valence electrons. The Morgan fingerprint density at radius 2 is 2.06 bits per heavy atom. The number of fused-ring (bicyclic) bond motifs is 1. The predicted molar refractivity (Wildman–Crippen MR) is 66.7 cm³/mol. The molecule has 3 nitrogen and oxygen atoms in total. The van der Waals surface area contributed by atoms with Gasteiger partial charge in [-0.2, -0.15) is 0 Å². The molecule has 2 aliphatic heterocycles. The molecule has 1 fully saturated rings. The Kier molecular flexibility index (Phi) is 3.37. The normalized spacial score (nSPS) is 19.2. The average molecular weight is 251 g/mol. The SMILES string of the molecule is FCc1cc(CC2CCNCC2)c2c(c1)OCO2. The van der Waals surface area contributed by atoms with Crippen LogP contribution in [0.4, 0.5) is 4.39 Å². The van der Waals surface area contributed by atoms with Gasteiger partial charge in [-0.3, -0.25) is 0 Å². The molecule has 3 rings (SSSR count). The number of halogens is 1. The van der Waals surface area contributed by atoms with Gasteiger partial charge in [0.1, 0.15) is 6.67 Å². The van der Waals surface area contributed by atoms with E-state index >= 15 is 0 Å². The van der Waals surface area contributed by atoms with Crippen LogP contribution in [0.2, 0.25) is 0 Å². The molecule has 1 aromatic rings. The van der Waals surface area contributed by atoms with Crippen molar-refractivity contribution in [3.63, 3.8) is 0 Å². The minimum Gasteiger partial charge on any atom is -0.454 e. The molecule has 0 radical (unpaired) electrons. The molecule has 4 heteroatoms. The molecule has 0 unspecified atom stereocenters. The zero-order valence-electron chi connectivity index (χ0n) is 10.4. The van der Waals surface area contributed by atoms with Crippen LogP contribution in [-0.2, 0) is 13.1 Å². The summed E-state index contributed by atoms with van der Waals surface area (Å²) >= 11 is 0. The molecular weight excluding hydrogens is 233 g/mol. The summed E-state index contributed by atoms with van der Waals surface area (Å²) in [5.41, 5.74) is 1.78. The van der Waals surface area contributed by atoms with Crippen LogP contribution in [0.25, 0.3) is 0 Å². The first-order chi connectivity index (χ1) is 8.86. The predicted octanol–water partition coefficient (Wildman–Crippen LogP) is 2.43. The van der Waals surface area contributed by atoms with Crippen LogP contribution in [0, 0.1) is 5.92 Å². The summed E-state index contributed by atoms with van der Waals surface area (Å²) in [6.45, 7) is 1.96. The van der Waals surface area contributed by atoms with Crippen LogP contribution >= 0.6 is 0 Å². The van der Waals surface area contributed by atoms with E-state index in [9.17, 15) is 4.39 Å². The third-order valence-electron chi connectivity index (χ3n) is 3.73. The van der Waals surface area contributed by atoms with Gasteiger partial charge in [0.05, 0.1) is 0 Å². The number of benzene rings is 1. The van der Waals surface area contributed by atoms with Gasteiger partial charge in [-0.1, -0.05) is 0 Å². The van der Waals surface area contributed by atoms with Crippen LogP contribution in [-0.4, -0.2) is 19.9 Å². The monoisotopic (exact) mass is 251 g/mol. The van der Waals surface area contributed by atoms with E-state index in [-0.39, 0.29) is 6.79 Å². The van der Waals surface area contributed by atoms with Crippen molar-refractivity contribution in [2.24, 2.45) is 5.92 Å². The quantitative estimate of drug-likeness (QED) is 0.895. The topological polar surface area (TPSA) is 30.5 Å². The summed E-state index contributed by atoms with van der Waals surface area (Å²) in [6, 6.07) is 3.67. The molecule has 0 bridgehead atoms. The van der Waals surface area contributed by atoms with Crippen LogP contribution < -0.4 is 14.8 Å². The maximum Gasteiger partial charge on any atom is 0.231 e. The second kappa shape index (κ2) is 5.14. The third kappa shape index (κ3) is 2.29. The zero-order chi connectivity index (χ0) is 12.4. The van der Waals surface area contributed by atoms with Crippen molar-refractivity contribution in [1.29, 1.82) is 0 Å². The highest BCUT2D eigenvalue weighted by atomic mass is 19.1. The molecule has 2 aliphatic rings. The summed E-state index contributed by atoms with van der Waals surface area (Å²) in [6.07, 6.45) is 3.31. The van der Waals surface area contributed by atoms with Gasteiger partial charge in [-0.05, 0) is 61.5 Å². The van der Waals surface area contributed by atoms with Crippen molar-refractivity contribution in [2.75, 3.05) is 19.9 Å². The molecule has 0 aliphatic carbocycles. The first kappa shape index (κ1) is 11.8. The van der Waals surface area contributed by atoms with Gasteiger partial charge in [-0.15, -0.1) is 0 Å². The second-order valence-electron chi connectivity index (χ2n) is 5.02. The number of hydrogen-bond acceptors (Lipinski definition) is 3. The van der Waals surface area contributed by atoms with Crippen LogP contribution in [0.5, 0.6) is 11.5 Å². The van der Waals surface area contributed by atoms with Gasteiger partial charge in [0.15, 0.2) is 11.5 Å². The molecule has 0 aromatic heterocycles. The maximum atomic E-state index is 12.8. The first-order valence-corrected chi connectivity index (χ1v) is 6.55. The fraction of sp³-hybridized carbons (Fsp3) is 0.571. The van der Waals surface area contributed by atoms with Crippen molar-refractivity contribution < 1.29 is 13.9 Å². The lowest BCUT2D eigenvalue weighted by atomic mass is 9.90. The lowest BCUT2D eigenvalue weighted by Gasteiger charge is -2.23. The summed E-state index contributed by atoms with van der Waals surface area (Å²) in [7, 11) is 0. The molecular formula is C14H18FNO2. The van der Waals surface area contributed by atoms with E-state index in [2.05, 4.69) is 5.32 Å². The molecule has 0 amide bonds. The minimum absolute atomic E-state index is 0.254. The van der Waals surface area contributed by atoms with E-state index in [4.69, 9.17) is 9.47 Å². The largest absolute Gasteiger partial charge is 0.454 e. The number of hydrogen-bond donors (Lipinski definition) is 1. The van der Waals surface area contributed by atoms with Crippen molar-refractivity contribution in [3.05, 3.63) is 23.3 Å². The molecule has 0 atom stereocenters. The van der Waals surface area contributed by atoms with E-state index in [1.165, 1.54) is 12.8 Å². The number of piperidine rings is 1. The molecule has 0 spiro atoms. The Hall–Kier alpha value is -1.29. The number of nitrogens with one attached hydrogen (secondary N) is 1. The second-order valence-corrected chi connectivity index (χ2v) is 5.02. The van der Waals surface area contributed by atoms with Crippen molar-refractivity contribution in [2.45, 2.75) is 25.9 Å². The Balaban J connectivity index is 1.83. The third-order valence-corrected chi connectivity index (χ3v) is 3.73. The lowest BCUT2D eigenvalue weighted by Crippen LogP contribution is -2.28. The highest BCUT2D eigenvalue weighted by Crippen LogP contribution is 2.39. The van der Waals surface area contributed by atoms with Gasteiger partial charge in [0.25, 0.3) is 0 Å².